The maximum absolute atomic E-state index is 5.86. The largest absolute Gasteiger partial charge is 0.492 e. The molecule has 0 atom stereocenters. The molecule has 29 heavy (non-hydrogen) atoms. The van der Waals surface area contributed by atoms with Crippen LogP contribution in [0.3, 0.4) is 0 Å². The van der Waals surface area contributed by atoms with Gasteiger partial charge in [-0.15, -0.1) is 0 Å². The quantitative estimate of drug-likeness (QED) is 0.595. The second-order valence-corrected chi connectivity index (χ2v) is 8.26. The first-order valence-electron chi connectivity index (χ1n) is 10.3. The smallest absolute Gasteiger partial charge is 0.213 e. The van der Waals surface area contributed by atoms with Crippen molar-refractivity contribution < 1.29 is 9.15 Å². The second kappa shape index (κ2) is 9.78. The number of para-hydroxylation sites is 1. The lowest BCUT2D eigenvalue weighted by molar-refractivity contribution is 0.152. The van der Waals surface area contributed by atoms with Gasteiger partial charge in [-0.1, -0.05) is 39.0 Å². The van der Waals surface area contributed by atoms with E-state index in [0.717, 1.165) is 50.2 Å². The third-order valence-corrected chi connectivity index (χ3v) is 4.99. The monoisotopic (exact) mass is 399 g/mol. The highest BCUT2D eigenvalue weighted by Gasteiger charge is 2.21. The van der Waals surface area contributed by atoms with Crippen LogP contribution < -0.4 is 10.1 Å². The van der Waals surface area contributed by atoms with Gasteiger partial charge in [0.05, 0.1) is 12.7 Å². The molecule has 1 aliphatic heterocycles. The number of guanidine groups is 1. The van der Waals surface area contributed by atoms with E-state index in [1.807, 2.05) is 43.6 Å². The summed E-state index contributed by atoms with van der Waals surface area (Å²) in [6.45, 7) is 12.4. The van der Waals surface area contributed by atoms with Gasteiger partial charge in [0.15, 0.2) is 5.96 Å². The lowest BCUT2D eigenvalue weighted by Gasteiger charge is -2.36. The van der Waals surface area contributed by atoms with Gasteiger partial charge in [-0.2, -0.15) is 0 Å². The summed E-state index contributed by atoms with van der Waals surface area (Å²) >= 11 is 0. The third-order valence-electron chi connectivity index (χ3n) is 4.99. The van der Waals surface area contributed by atoms with Crippen molar-refractivity contribution in [2.24, 2.45) is 4.99 Å². The van der Waals surface area contributed by atoms with Crippen LogP contribution in [-0.2, 0) is 12.0 Å². The molecule has 7 heteroatoms. The van der Waals surface area contributed by atoms with Crippen molar-refractivity contribution in [2.45, 2.75) is 32.7 Å². The number of aliphatic imine (C=N–C) groups is 1. The number of hydrogen-bond donors (Lipinski definition) is 1. The number of ether oxygens (including phenoxy) is 1. The first-order chi connectivity index (χ1) is 14.0. The number of nitrogens with zero attached hydrogens (tertiary/aromatic N) is 4. The van der Waals surface area contributed by atoms with Crippen molar-refractivity contribution in [1.29, 1.82) is 0 Å². The summed E-state index contributed by atoms with van der Waals surface area (Å²) in [7, 11) is 1.82. The topological polar surface area (TPSA) is 66.1 Å². The Balaban J connectivity index is 1.40. The molecule has 0 radical (unpaired) electrons. The lowest BCUT2D eigenvalue weighted by Crippen LogP contribution is -2.52. The number of aromatic nitrogens is 1. The zero-order valence-corrected chi connectivity index (χ0v) is 18.0. The fraction of sp³-hybridized carbons (Fsp3) is 0.545. The molecule has 7 nitrogen and oxygen atoms in total. The predicted octanol–water partition coefficient (Wildman–Crippen LogP) is 2.74. The molecule has 1 saturated heterocycles. The van der Waals surface area contributed by atoms with Crippen LogP contribution in [0.1, 0.15) is 32.4 Å². The van der Waals surface area contributed by atoms with Crippen LogP contribution >= 0.6 is 0 Å². The van der Waals surface area contributed by atoms with Crippen LogP contribution in [0.25, 0.3) is 0 Å². The number of rotatable bonds is 6. The Labute approximate surface area is 173 Å². The number of benzene rings is 1. The van der Waals surface area contributed by atoms with E-state index in [1.165, 1.54) is 0 Å². The molecule has 0 bridgehead atoms. The van der Waals surface area contributed by atoms with Crippen LogP contribution in [0, 0.1) is 0 Å². The van der Waals surface area contributed by atoms with E-state index < -0.39 is 0 Å². The summed E-state index contributed by atoms with van der Waals surface area (Å²) in [5.74, 6) is 3.40. The maximum atomic E-state index is 5.86. The van der Waals surface area contributed by atoms with E-state index in [4.69, 9.17) is 9.15 Å². The molecule has 1 aromatic heterocycles. The van der Waals surface area contributed by atoms with Gasteiger partial charge in [0.25, 0.3) is 0 Å². The van der Waals surface area contributed by atoms with E-state index in [0.29, 0.717) is 19.0 Å². The minimum Gasteiger partial charge on any atom is -0.492 e. The molecule has 3 rings (SSSR count). The van der Waals surface area contributed by atoms with E-state index in [1.54, 1.807) is 0 Å². The second-order valence-electron chi connectivity index (χ2n) is 8.26. The molecule has 1 N–H and O–H groups in total. The van der Waals surface area contributed by atoms with Crippen LogP contribution in [0.4, 0.5) is 0 Å². The summed E-state index contributed by atoms with van der Waals surface area (Å²) < 4.78 is 11.7. The van der Waals surface area contributed by atoms with Crippen LogP contribution in [0.5, 0.6) is 5.75 Å². The average molecular weight is 400 g/mol. The third kappa shape index (κ3) is 6.22. The first kappa shape index (κ1) is 21.2. The van der Waals surface area contributed by atoms with Crippen molar-refractivity contribution in [2.75, 3.05) is 46.4 Å². The lowest BCUT2D eigenvalue weighted by atomic mass is 9.94. The fourth-order valence-corrected chi connectivity index (χ4v) is 3.22. The van der Waals surface area contributed by atoms with E-state index in [2.05, 4.69) is 45.9 Å². The number of nitrogens with one attached hydrogen (secondary N) is 1. The SMILES string of the molecule is CN=C(NCc1ncc(C(C)(C)C)o1)N1CCN(CCOc2ccccc2)CC1. The summed E-state index contributed by atoms with van der Waals surface area (Å²) in [5.41, 5.74) is -0.0342. The number of oxazole rings is 1. The minimum atomic E-state index is -0.0342. The molecule has 0 saturated carbocycles. The van der Waals surface area contributed by atoms with E-state index in [-0.39, 0.29) is 5.41 Å². The van der Waals surface area contributed by atoms with Crippen molar-refractivity contribution in [3.05, 3.63) is 48.2 Å². The minimum absolute atomic E-state index is 0.0342. The summed E-state index contributed by atoms with van der Waals surface area (Å²) in [5, 5.41) is 3.38. The fourth-order valence-electron chi connectivity index (χ4n) is 3.22. The molecule has 0 amide bonds. The Hall–Kier alpha value is -2.54. The van der Waals surface area contributed by atoms with Gasteiger partial charge in [0, 0.05) is 45.2 Å². The van der Waals surface area contributed by atoms with Crippen molar-refractivity contribution in [3.8, 4) is 5.75 Å². The van der Waals surface area contributed by atoms with Crippen molar-refractivity contribution >= 4 is 5.96 Å². The Morgan fingerprint density at radius 2 is 1.90 bits per heavy atom. The summed E-state index contributed by atoms with van der Waals surface area (Å²) in [6.07, 6.45) is 1.82. The average Bonchev–Trinajstić information content (AvgIpc) is 3.20. The van der Waals surface area contributed by atoms with Gasteiger partial charge >= 0.3 is 0 Å². The highest BCUT2D eigenvalue weighted by Crippen LogP contribution is 2.22. The molecule has 0 spiro atoms. The van der Waals surface area contributed by atoms with Crippen LogP contribution in [0.2, 0.25) is 0 Å². The maximum Gasteiger partial charge on any atom is 0.213 e. The predicted molar refractivity (Wildman–Crippen MR) is 115 cm³/mol. The Bertz CT molecular complexity index is 774. The summed E-state index contributed by atoms with van der Waals surface area (Å²) in [4.78, 5) is 13.5. The van der Waals surface area contributed by atoms with E-state index >= 15 is 0 Å². The van der Waals surface area contributed by atoms with Gasteiger partial charge < -0.3 is 19.4 Å². The van der Waals surface area contributed by atoms with Gasteiger partial charge in [-0.3, -0.25) is 9.89 Å². The molecule has 2 aromatic rings. The molecular formula is C22H33N5O2. The number of hydrogen-bond acceptors (Lipinski definition) is 5. The summed E-state index contributed by atoms with van der Waals surface area (Å²) in [6, 6.07) is 9.97. The molecule has 158 valence electrons. The van der Waals surface area contributed by atoms with Crippen LogP contribution in [0.15, 0.2) is 45.9 Å². The van der Waals surface area contributed by atoms with Gasteiger partial charge in [0.1, 0.15) is 18.1 Å². The molecular weight excluding hydrogens is 366 g/mol. The van der Waals surface area contributed by atoms with Crippen molar-refractivity contribution in [3.63, 3.8) is 0 Å². The molecule has 0 unspecified atom stereocenters. The highest BCUT2D eigenvalue weighted by atomic mass is 16.5. The molecule has 0 aliphatic carbocycles. The zero-order valence-electron chi connectivity index (χ0n) is 18.0. The standard InChI is InChI=1S/C22H33N5O2/c1-22(2,3)19-16-24-20(29-19)17-25-21(23-4)27-12-10-26(11-13-27)14-15-28-18-8-6-5-7-9-18/h5-9,16H,10-15,17H2,1-4H3,(H,23,25). The van der Waals surface area contributed by atoms with Crippen LogP contribution in [-0.4, -0.2) is 67.1 Å². The highest BCUT2D eigenvalue weighted by molar-refractivity contribution is 5.79. The van der Waals surface area contributed by atoms with E-state index in [9.17, 15) is 0 Å². The molecule has 2 heterocycles. The van der Waals surface area contributed by atoms with Gasteiger partial charge in [-0.25, -0.2) is 4.98 Å². The molecule has 1 aromatic carbocycles. The number of piperazine rings is 1. The van der Waals surface area contributed by atoms with Gasteiger partial charge in [-0.05, 0) is 12.1 Å². The first-order valence-corrected chi connectivity index (χ1v) is 10.3. The van der Waals surface area contributed by atoms with Gasteiger partial charge in [0.2, 0.25) is 5.89 Å². The normalized spacial score (nSPS) is 16.1. The Kier molecular flexibility index (Phi) is 7.14. The Morgan fingerprint density at radius 1 is 1.17 bits per heavy atom. The molecule has 1 aliphatic rings. The Morgan fingerprint density at radius 3 is 2.52 bits per heavy atom. The molecule has 1 fully saturated rings. The van der Waals surface area contributed by atoms with Crippen molar-refractivity contribution in [1.82, 2.24) is 20.1 Å². The zero-order chi connectivity index (χ0) is 20.7.